The van der Waals surface area contributed by atoms with Crippen molar-refractivity contribution < 1.29 is 23.0 Å². The van der Waals surface area contributed by atoms with Gasteiger partial charge in [0.25, 0.3) is 5.91 Å². The summed E-state index contributed by atoms with van der Waals surface area (Å²) in [6.07, 6.45) is 1.52. The number of amides is 1. The van der Waals surface area contributed by atoms with E-state index in [9.17, 15) is 13.6 Å². The molecule has 1 unspecified atom stereocenters. The first kappa shape index (κ1) is 16.6. The highest BCUT2D eigenvalue weighted by molar-refractivity contribution is 6.02. The van der Waals surface area contributed by atoms with Crippen molar-refractivity contribution in [3.05, 3.63) is 53.6 Å². The Bertz CT molecular complexity index is 839. The average molecular weight is 360 g/mol. The van der Waals surface area contributed by atoms with Crippen molar-refractivity contribution in [3.8, 4) is 11.5 Å². The molecule has 1 atom stereocenters. The van der Waals surface area contributed by atoms with E-state index in [-0.39, 0.29) is 29.6 Å². The van der Waals surface area contributed by atoms with Gasteiger partial charge in [-0.2, -0.15) is 8.78 Å². The quantitative estimate of drug-likeness (QED) is 0.875. The summed E-state index contributed by atoms with van der Waals surface area (Å²) in [6.45, 7) is -2.93. The number of carbonyl (C=O) groups excluding carboxylic acids is 1. The molecule has 0 radical (unpaired) electrons. The van der Waals surface area contributed by atoms with Gasteiger partial charge in [-0.1, -0.05) is 18.2 Å². The maximum Gasteiger partial charge on any atom is 0.387 e. The van der Waals surface area contributed by atoms with Crippen LogP contribution >= 0.6 is 0 Å². The van der Waals surface area contributed by atoms with E-state index in [0.29, 0.717) is 5.56 Å². The number of alkyl halides is 2. The summed E-state index contributed by atoms with van der Waals surface area (Å²) in [6, 6.07) is 12.3. The molecule has 0 aromatic heterocycles. The lowest BCUT2D eigenvalue weighted by atomic mass is 10.0. The van der Waals surface area contributed by atoms with Crippen LogP contribution in [0.25, 0.3) is 0 Å². The van der Waals surface area contributed by atoms with Gasteiger partial charge in [0.2, 0.25) is 0 Å². The Morgan fingerprint density at radius 1 is 1.15 bits per heavy atom. The molecule has 4 rings (SSSR count). The fraction of sp³-hybridized carbons (Fsp3) is 0.316. The van der Waals surface area contributed by atoms with Crippen molar-refractivity contribution in [2.75, 3.05) is 12.4 Å². The molecule has 26 heavy (non-hydrogen) atoms. The van der Waals surface area contributed by atoms with Crippen LogP contribution in [0.4, 0.5) is 14.5 Å². The number of anilines is 1. The lowest BCUT2D eigenvalue weighted by Gasteiger charge is -2.38. The smallest absolute Gasteiger partial charge is 0.387 e. The Labute approximate surface area is 149 Å². The third-order valence-electron chi connectivity index (χ3n) is 4.62. The molecular formula is C19H18F2N2O3. The lowest BCUT2D eigenvalue weighted by Crippen LogP contribution is -2.44. The van der Waals surface area contributed by atoms with E-state index in [1.54, 1.807) is 18.2 Å². The lowest BCUT2D eigenvalue weighted by molar-refractivity contribution is -0.0512. The molecule has 1 aliphatic carbocycles. The van der Waals surface area contributed by atoms with Crippen molar-refractivity contribution in [2.45, 2.75) is 31.7 Å². The van der Waals surface area contributed by atoms with Crippen molar-refractivity contribution in [1.82, 2.24) is 4.90 Å². The first-order valence-corrected chi connectivity index (χ1v) is 8.39. The van der Waals surface area contributed by atoms with E-state index in [4.69, 9.17) is 4.74 Å². The number of nitrogens with zero attached hydrogens (tertiary/aromatic N) is 1. The number of methoxy groups -OCH3 is 1. The molecule has 2 aromatic rings. The second kappa shape index (κ2) is 6.48. The van der Waals surface area contributed by atoms with Gasteiger partial charge in [0, 0.05) is 11.7 Å². The fourth-order valence-corrected chi connectivity index (χ4v) is 3.29. The molecule has 1 fully saturated rings. The fourth-order valence-electron chi connectivity index (χ4n) is 3.29. The normalized spacial score (nSPS) is 19.2. The summed E-state index contributed by atoms with van der Waals surface area (Å²) in [5.41, 5.74) is 2.14. The Balaban J connectivity index is 1.73. The molecule has 1 amide bonds. The molecule has 1 heterocycles. The molecule has 2 aliphatic rings. The third kappa shape index (κ3) is 2.94. The zero-order valence-electron chi connectivity index (χ0n) is 14.1. The number of rotatable bonds is 5. The average Bonchev–Trinajstić information content (AvgIpc) is 3.46. The number of carbonyl (C=O) groups is 1. The summed E-state index contributed by atoms with van der Waals surface area (Å²) < 4.78 is 34.8. The summed E-state index contributed by atoms with van der Waals surface area (Å²) >= 11 is 0. The minimum absolute atomic E-state index is 0.0290. The van der Waals surface area contributed by atoms with E-state index < -0.39 is 6.61 Å². The molecular weight excluding hydrogens is 342 g/mol. The van der Waals surface area contributed by atoms with Gasteiger partial charge in [-0.05, 0) is 42.7 Å². The Morgan fingerprint density at radius 3 is 2.62 bits per heavy atom. The van der Waals surface area contributed by atoms with E-state index in [0.717, 1.165) is 24.1 Å². The van der Waals surface area contributed by atoms with Gasteiger partial charge in [0.15, 0.2) is 11.5 Å². The highest BCUT2D eigenvalue weighted by atomic mass is 19.3. The summed E-state index contributed by atoms with van der Waals surface area (Å²) in [5.74, 6) is 0.136. The van der Waals surface area contributed by atoms with Gasteiger partial charge in [-0.15, -0.1) is 0 Å². The van der Waals surface area contributed by atoms with Crippen LogP contribution in [0, 0.1) is 0 Å². The first-order valence-electron chi connectivity index (χ1n) is 8.39. The Hall–Kier alpha value is -2.83. The maximum atomic E-state index is 13.0. The first-order chi connectivity index (χ1) is 12.6. The van der Waals surface area contributed by atoms with Crippen molar-refractivity contribution in [3.63, 3.8) is 0 Å². The molecule has 1 saturated carbocycles. The highest BCUT2D eigenvalue weighted by Gasteiger charge is 2.42. The molecule has 1 N–H and O–H groups in total. The summed E-state index contributed by atoms with van der Waals surface area (Å²) in [7, 11) is 1.39. The van der Waals surface area contributed by atoms with Gasteiger partial charge in [0.1, 0.15) is 6.17 Å². The van der Waals surface area contributed by atoms with Crippen LogP contribution in [-0.2, 0) is 0 Å². The van der Waals surface area contributed by atoms with Crippen molar-refractivity contribution in [1.29, 1.82) is 0 Å². The zero-order valence-corrected chi connectivity index (χ0v) is 14.1. The second-order valence-corrected chi connectivity index (χ2v) is 6.32. The number of halogens is 2. The number of fused-ring (bicyclic) bond motifs is 1. The van der Waals surface area contributed by atoms with Gasteiger partial charge in [-0.3, -0.25) is 4.79 Å². The monoisotopic (exact) mass is 360 g/mol. The molecule has 136 valence electrons. The molecule has 0 spiro atoms. The van der Waals surface area contributed by atoms with E-state index in [1.807, 2.05) is 23.1 Å². The topological polar surface area (TPSA) is 50.8 Å². The minimum atomic E-state index is -2.93. The summed E-state index contributed by atoms with van der Waals surface area (Å²) in [4.78, 5) is 14.8. The zero-order chi connectivity index (χ0) is 18.3. The molecule has 5 nitrogen and oxygen atoms in total. The van der Waals surface area contributed by atoms with Crippen LogP contribution in [0.3, 0.4) is 0 Å². The van der Waals surface area contributed by atoms with Crippen LogP contribution < -0.4 is 14.8 Å². The van der Waals surface area contributed by atoms with E-state index >= 15 is 0 Å². The predicted molar refractivity (Wildman–Crippen MR) is 91.6 cm³/mol. The van der Waals surface area contributed by atoms with Crippen molar-refractivity contribution >= 4 is 11.6 Å². The molecule has 1 aliphatic heterocycles. The highest BCUT2D eigenvalue weighted by Crippen LogP contribution is 2.42. The van der Waals surface area contributed by atoms with Gasteiger partial charge in [-0.25, -0.2) is 0 Å². The largest absolute Gasteiger partial charge is 0.493 e. The van der Waals surface area contributed by atoms with Gasteiger partial charge >= 0.3 is 6.61 Å². The van der Waals surface area contributed by atoms with Crippen LogP contribution in [-0.4, -0.2) is 30.6 Å². The van der Waals surface area contributed by atoms with Crippen LogP contribution in [0.15, 0.2) is 42.5 Å². The third-order valence-corrected chi connectivity index (χ3v) is 4.62. The Morgan fingerprint density at radius 2 is 1.92 bits per heavy atom. The minimum Gasteiger partial charge on any atom is -0.493 e. The SMILES string of the molecule is COc1cc(C2Nc3ccccc3C(=O)N2C2CC2)ccc1OC(F)F. The van der Waals surface area contributed by atoms with E-state index in [2.05, 4.69) is 10.1 Å². The summed E-state index contributed by atoms with van der Waals surface area (Å²) in [5, 5.41) is 3.39. The van der Waals surface area contributed by atoms with Gasteiger partial charge in [0.05, 0.1) is 12.7 Å². The Kier molecular flexibility index (Phi) is 4.14. The molecule has 0 saturated heterocycles. The predicted octanol–water partition coefficient (Wildman–Crippen LogP) is 4.03. The van der Waals surface area contributed by atoms with E-state index in [1.165, 1.54) is 13.2 Å². The number of hydrogen-bond donors (Lipinski definition) is 1. The van der Waals surface area contributed by atoms with Crippen LogP contribution in [0.1, 0.15) is 34.9 Å². The van der Waals surface area contributed by atoms with Crippen molar-refractivity contribution in [2.24, 2.45) is 0 Å². The second-order valence-electron chi connectivity index (χ2n) is 6.32. The molecule has 7 heteroatoms. The number of benzene rings is 2. The number of ether oxygens (including phenoxy) is 2. The molecule has 0 bridgehead atoms. The van der Waals surface area contributed by atoms with Crippen LogP contribution in [0.2, 0.25) is 0 Å². The number of para-hydroxylation sites is 1. The molecule has 2 aromatic carbocycles. The maximum absolute atomic E-state index is 13.0. The number of nitrogens with one attached hydrogen (secondary N) is 1. The number of hydrogen-bond acceptors (Lipinski definition) is 4. The van der Waals surface area contributed by atoms with Crippen LogP contribution in [0.5, 0.6) is 11.5 Å². The van der Waals surface area contributed by atoms with Gasteiger partial charge < -0.3 is 19.7 Å². The standard InChI is InChI=1S/C19H18F2N2O3/c1-25-16-10-11(6-9-15(16)26-19(20)21)17-22-14-5-3-2-4-13(14)18(24)23(17)12-7-8-12/h2-6,9-10,12,17,19,22H,7-8H2,1H3.